The van der Waals surface area contributed by atoms with Crippen LogP contribution in [0.3, 0.4) is 0 Å². The van der Waals surface area contributed by atoms with Gasteiger partial charge in [-0.15, -0.1) is 0 Å². The van der Waals surface area contributed by atoms with E-state index in [-0.39, 0.29) is 5.69 Å². The number of nitrogens with one attached hydrogen (secondary N) is 1. The second-order valence-electron chi connectivity index (χ2n) is 2.78. The molecule has 84 valence electrons. The molecule has 0 saturated heterocycles. The first kappa shape index (κ1) is 11.8. The van der Waals surface area contributed by atoms with Gasteiger partial charge >= 0.3 is 5.97 Å². The smallest absolute Gasteiger partial charge is 0.328 e. The summed E-state index contributed by atoms with van der Waals surface area (Å²) in [6, 6.07) is 2.62. The second kappa shape index (κ2) is 5.01. The number of carboxylic acid groups (broad SMARTS) is 1. The fourth-order valence-corrected chi connectivity index (χ4v) is 0.912. The van der Waals surface area contributed by atoms with Crippen LogP contribution >= 0.6 is 0 Å². The number of aliphatic carboxylic acids is 1. The lowest BCUT2D eigenvalue weighted by Gasteiger charge is -2.02. The van der Waals surface area contributed by atoms with Crippen molar-refractivity contribution in [2.24, 2.45) is 0 Å². The monoisotopic (exact) mass is 227 g/mol. The molecule has 0 aliphatic carbocycles. The molecule has 16 heavy (non-hydrogen) atoms. The molecule has 0 fully saturated rings. The Bertz CT molecular complexity index is 457. The SMILES string of the molecule is O=C(O)/C=C\C(=O)Nc1ccc(F)cc1F. The van der Waals surface area contributed by atoms with E-state index >= 15 is 0 Å². The highest BCUT2D eigenvalue weighted by Gasteiger charge is 2.05. The van der Waals surface area contributed by atoms with Crippen LogP contribution in [0.4, 0.5) is 14.5 Å². The Balaban J connectivity index is 2.73. The summed E-state index contributed by atoms with van der Waals surface area (Å²) in [5, 5.41) is 10.3. The molecule has 2 N–H and O–H groups in total. The molecule has 0 atom stereocenters. The molecule has 1 rings (SSSR count). The molecule has 0 unspecified atom stereocenters. The lowest BCUT2D eigenvalue weighted by molar-refractivity contribution is -0.131. The number of carbonyl (C=O) groups is 2. The van der Waals surface area contributed by atoms with E-state index in [0.29, 0.717) is 12.1 Å². The highest BCUT2D eigenvalue weighted by Crippen LogP contribution is 2.14. The van der Waals surface area contributed by atoms with Gasteiger partial charge in [-0.05, 0) is 12.1 Å². The Hall–Kier alpha value is -2.24. The average Bonchev–Trinajstić information content (AvgIpc) is 2.19. The van der Waals surface area contributed by atoms with Crippen LogP contribution in [-0.2, 0) is 9.59 Å². The lowest BCUT2D eigenvalue weighted by atomic mass is 10.3. The predicted octanol–water partition coefficient (Wildman–Crippen LogP) is 1.54. The van der Waals surface area contributed by atoms with Crippen molar-refractivity contribution in [3.8, 4) is 0 Å². The van der Waals surface area contributed by atoms with E-state index in [9.17, 15) is 18.4 Å². The normalized spacial score (nSPS) is 10.4. The molecule has 6 heteroatoms. The van der Waals surface area contributed by atoms with Gasteiger partial charge in [0.25, 0.3) is 0 Å². The van der Waals surface area contributed by atoms with E-state index in [0.717, 1.165) is 18.2 Å². The van der Waals surface area contributed by atoms with Crippen molar-refractivity contribution in [2.45, 2.75) is 0 Å². The number of anilines is 1. The maximum absolute atomic E-state index is 13.0. The maximum Gasteiger partial charge on any atom is 0.328 e. The molecule has 0 spiro atoms. The third kappa shape index (κ3) is 3.49. The molecule has 0 heterocycles. The third-order valence-electron chi connectivity index (χ3n) is 1.57. The number of carboxylic acids is 1. The first-order valence-electron chi connectivity index (χ1n) is 4.16. The highest BCUT2D eigenvalue weighted by atomic mass is 19.1. The summed E-state index contributed by atoms with van der Waals surface area (Å²) in [6.07, 6.45) is 1.34. The zero-order chi connectivity index (χ0) is 12.1. The van der Waals surface area contributed by atoms with Crippen molar-refractivity contribution in [3.63, 3.8) is 0 Å². The van der Waals surface area contributed by atoms with E-state index in [4.69, 9.17) is 5.11 Å². The molecule has 1 aromatic rings. The van der Waals surface area contributed by atoms with Gasteiger partial charge in [0, 0.05) is 18.2 Å². The van der Waals surface area contributed by atoms with Gasteiger partial charge in [-0.1, -0.05) is 0 Å². The van der Waals surface area contributed by atoms with Gasteiger partial charge in [0.1, 0.15) is 11.6 Å². The Kier molecular flexibility index (Phi) is 3.71. The molecule has 1 aromatic carbocycles. The number of carbonyl (C=O) groups excluding carboxylic acids is 1. The zero-order valence-electron chi connectivity index (χ0n) is 7.91. The average molecular weight is 227 g/mol. The number of benzene rings is 1. The van der Waals surface area contributed by atoms with Gasteiger partial charge < -0.3 is 10.4 Å². The van der Waals surface area contributed by atoms with Crippen LogP contribution in [0.5, 0.6) is 0 Å². The fourth-order valence-electron chi connectivity index (χ4n) is 0.912. The van der Waals surface area contributed by atoms with Crippen LogP contribution in [0, 0.1) is 11.6 Å². The van der Waals surface area contributed by atoms with Crippen LogP contribution in [0.2, 0.25) is 0 Å². The first-order valence-corrected chi connectivity index (χ1v) is 4.16. The summed E-state index contributed by atoms with van der Waals surface area (Å²) < 4.78 is 25.5. The van der Waals surface area contributed by atoms with Gasteiger partial charge in [-0.25, -0.2) is 13.6 Å². The van der Waals surface area contributed by atoms with Crippen molar-refractivity contribution in [1.82, 2.24) is 0 Å². The summed E-state index contributed by atoms with van der Waals surface area (Å²) in [5.41, 5.74) is -0.221. The van der Waals surface area contributed by atoms with Gasteiger partial charge in [-0.2, -0.15) is 0 Å². The number of halogens is 2. The topological polar surface area (TPSA) is 66.4 Å². The Morgan fingerprint density at radius 2 is 1.94 bits per heavy atom. The van der Waals surface area contributed by atoms with E-state index in [1.165, 1.54) is 0 Å². The van der Waals surface area contributed by atoms with E-state index in [1.54, 1.807) is 0 Å². The molecule has 1 amide bonds. The van der Waals surface area contributed by atoms with Crippen LogP contribution in [-0.4, -0.2) is 17.0 Å². The minimum Gasteiger partial charge on any atom is -0.478 e. The van der Waals surface area contributed by atoms with E-state index in [1.807, 2.05) is 0 Å². The largest absolute Gasteiger partial charge is 0.478 e. The van der Waals surface area contributed by atoms with E-state index < -0.39 is 23.5 Å². The van der Waals surface area contributed by atoms with Crippen LogP contribution in [0.1, 0.15) is 0 Å². The standard InChI is InChI=1S/C10H7F2NO3/c11-6-1-2-8(7(12)5-6)13-9(14)3-4-10(15)16/h1-5H,(H,13,14)(H,15,16)/b4-3-. The Morgan fingerprint density at radius 3 is 2.50 bits per heavy atom. The molecular formula is C10H7F2NO3. The lowest BCUT2D eigenvalue weighted by Crippen LogP contribution is -2.10. The predicted molar refractivity (Wildman–Crippen MR) is 51.8 cm³/mol. The van der Waals surface area contributed by atoms with Crippen LogP contribution < -0.4 is 5.32 Å². The molecule has 0 bridgehead atoms. The summed E-state index contributed by atoms with van der Waals surface area (Å²) in [4.78, 5) is 21.1. The minimum absolute atomic E-state index is 0.221. The van der Waals surface area contributed by atoms with Crippen molar-refractivity contribution in [1.29, 1.82) is 0 Å². The molecule has 4 nitrogen and oxygen atoms in total. The van der Waals surface area contributed by atoms with Crippen molar-refractivity contribution < 1.29 is 23.5 Å². The number of amides is 1. The van der Waals surface area contributed by atoms with Crippen LogP contribution in [0.25, 0.3) is 0 Å². The minimum atomic E-state index is -1.30. The molecule has 0 saturated carbocycles. The fraction of sp³-hybridized carbons (Fsp3) is 0. The third-order valence-corrected chi connectivity index (χ3v) is 1.57. The van der Waals surface area contributed by atoms with Crippen molar-refractivity contribution in [3.05, 3.63) is 42.0 Å². The van der Waals surface area contributed by atoms with E-state index in [2.05, 4.69) is 5.32 Å². The summed E-state index contributed by atoms with van der Waals surface area (Å²) >= 11 is 0. The quantitative estimate of drug-likeness (QED) is 0.770. The van der Waals surface area contributed by atoms with Crippen molar-refractivity contribution in [2.75, 3.05) is 5.32 Å². The number of hydrogen-bond acceptors (Lipinski definition) is 2. The van der Waals surface area contributed by atoms with Gasteiger partial charge in [0.2, 0.25) is 5.91 Å². The zero-order valence-corrected chi connectivity index (χ0v) is 7.91. The Labute approximate surface area is 89.2 Å². The maximum atomic E-state index is 13.0. The second-order valence-corrected chi connectivity index (χ2v) is 2.78. The first-order chi connectivity index (χ1) is 7.49. The highest BCUT2D eigenvalue weighted by molar-refractivity contribution is 6.02. The summed E-state index contributed by atoms with van der Waals surface area (Å²) in [7, 11) is 0. The molecular weight excluding hydrogens is 220 g/mol. The Morgan fingerprint density at radius 1 is 1.25 bits per heavy atom. The van der Waals surface area contributed by atoms with Crippen molar-refractivity contribution >= 4 is 17.6 Å². The molecule has 0 radical (unpaired) electrons. The van der Waals surface area contributed by atoms with Gasteiger partial charge in [0.05, 0.1) is 5.69 Å². The summed E-state index contributed by atoms with van der Waals surface area (Å²) in [5.74, 6) is -3.81. The molecule has 0 aliphatic rings. The number of rotatable bonds is 3. The molecule has 0 aromatic heterocycles. The van der Waals surface area contributed by atoms with Gasteiger partial charge in [0.15, 0.2) is 0 Å². The number of hydrogen-bond donors (Lipinski definition) is 2. The summed E-state index contributed by atoms with van der Waals surface area (Å²) in [6.45, 7) is 0. The van der Waals surface area contributed by atoms with Gasteiger partial charge in [-0.3, -0.25) is 4.79 Å². The van der Waals surface area contributed by atoms with Crippen LogP contribution in [0.15, 0.2) is 30.4 Å². The molecule has 0 aliphatic heterocycles.